The van der Waals surface area contributed by atoms with Gasteiger partial charge in [-0.2, -0.15) is 0 Å². The summed E-state index contributed by atoms with van der Waals surface area (Å²) >= 11 is 7.47. The van der Waals surface area contributed by atoms with Crippen LogP contribution in [0.5, 0.6) is 0 Å². The minimum atomic E-state index is -0.331. The molecule has 0 saturated carbocycles. The molecule has 0 atom stereocenters. The molecule has 0 bridgehead atoms. The second kappa shape index (κ2) is 4.67. The van der Waals surface area contributed by atoms with Crippen molar-refractivity contribution in [1.82, 2.24) is 9.97 Å². The zero-order chi connectivity index (χ0) is 11.5. The predicted octanol–water partition coefficient (Wildman–Crippen LogP) is 2.41. The third-order valence-corrected chi connectivity index (χ3v) is 3.55. The molecule has 0 aliphatic heterocycles. The van der Waals surface area contributed by atoms with Gasteiger partial charge in [-0.3, -0.25) is 4.79 Å². The van der Waals surface area contributed by atoms with E-state index < -0.39 is 0 Å². The first kappa shape index (κ1) is 11.2. The van der Waals surface area contributed by atoms with Gasteiger partial charge in [0.1, 0.15) is 5.02 Å². The molecule has 2 heterocycles. The third-order valence-electron chi connectivity index (χ3n) is 2.18. The molecule has 16 heavy (non-hydrogen) atoms. The molecule has 0 saturated heterocycles. The van der Waals surface area contributed by atoms with E-state index in [1.807, 2.05) is 12.3 Å². The molecule has 2 N–H and O–H groups in total. The van der Waals surface area contributed by atoms with Crippen molar-refractivity contribution in [3.8, 4) is 0 Å². The molecule has 0 spiro atoms. The summed E-state index contributed by atoms with van der Waals surface area (Å²) in [6.45, 7) is 2.67. The molecule has 0 fully saturated rings. The summed E-state index contributed by atoms with van der Waals surface area (Å²) in [6.07, 6.45) is 1.33. The van der Waals surface area contributed by atoms with Crippen LogP contribution in [0, 0.1) is 6.92 Å². The van der Waals surface area contributed by atoms with E-state index in [0.717, 1.165) is 0 Å². The van der Waals surface area contributed by atoms with E-state index in [1.54, 1.807) is 11.3 Å². The number of hydrogen-bond donors (Lipinski definition) is 2. The smallest absolute Gasteiger partial charge is 0.271 e. The summed E-state index contributed by atoms with van der Waals surface area (Å²) in [5.74, 6) is 0.415. The number of rotatable bonds is 3. The maximum absolute atomic E-state index is 11.2. The van der Waals surface area contributed by atoms with Gasteiger partial charge in [-0.1, -0.05) is 11.6 Å². The van der Waals surface area contributed by atoms with Crippen molar-refractivity contribution in [2.24, 2.45) is 0 Å². The molecule has 0 aromatic carbocycles. The highest BCUT2D eigenvalue weighted by Crippen LogP contribution is 2.18. The maximum Gasteiger partial charge on any atom is 0.271 e. The molecule has 0 amide bonds. The normalized spacial score (nSPS) is 10.4. The van der Waals surface area contributed by atoms with Crippen LogP contribution in [0.2, 0.25) is 5.02 Å². The Bertz CT molecular complexity index is 549. The van der Waals surface area contributed by atoms with Gasteiger partial charge in [0.05, 0.1) is 12.9 Å². The Morgan fingerprint density at radius 3 is 3.12 bits per heavy atom. The van der Waals surface area contributed by atoms with Crippen molar-refractivity contribution < 1.29 is 0 Å². The number of thiophene rings is 1. The van der Waals surface area contributed by atoms with Crippen LogP contribution in [0.4, 0.5) is 5.82 Å². The Balaban J connectivity index is 2.14. The van der Waals surface area contributed by atoms with E-state index in [-0.39, 0.29) is 10.6 Å². The Morgan fingerprint density at radius 2 is 2.44 bits per heavy atom. The topological polar surface area (TPSA) is 57.8 Å². The highest BCUT2D eigenvalue weighted by Gasteiger charge is 2.06. The van der Waals surface area contributed by atoms with Crippen molar-refractivity contribution in [2.75, 3.05) is 5.32 Å². The number of nitrogens with zero attached hydrogens (tertiary/aromatic N) is 1. The molecule has 0 aliphatic rings. The average molecular weight is 256 g/mol. The quantitative estimate of drug-likeness (QED) is 0.886. The summed E-state index contributed by atoms with van der Waals surface area (Å²) in [5, 5.41) is 5.17. The number of anilines is 1. The average Bonchev–Trinajstić information content (AvgIpc) is 2.67. The van der Waals surface area contributed by atoms with Crippen molar-refractivity contribution in [3.63, 3.8) is 0 Å². The zero-order valence-corrected chi connectivity index (χ0v) is 10.2. The lowest BCUT2D eigenvalue weighted by molar-refractivity contribution is 1.07. The van der Waals surface area contributed by atoms with Crippen LogP contribution in [-0.2, 0) is 6.54 Å². The molecule has 2 aromatic heterocycles. The standard InChI is InChI=1S/C10H10ClN3OS/c1-6-2-3-16-7(6)4-12-9-8(11)10(15)14-5-13-9/h2-3,5H,4H2,1H3,(H2,12,13,14,15). The minimum absolute atomic E-state index is 0.0942. The van der Waals surface area contributed by atoms with Gasteiger partial charge < -0.3 is 10.3 Å². The molecule has 84 valence electrons. The Hall–Kier alpha value is -1.33. The molecule has 0 aliphatic carbocycles. The number of nitrogens with one attached hydrogen (secondary N) is 2. The molecule has 6 heteroatoms. The van der Waals surface area contributed by atoms with Gasteiger partial charge in [-0.05, 0) is 23.9 Å². The van der Waals surface area contributed by atoms with Gasteiger partial charge in [0, 0.05) is 4.88 Å². The molecule has 4 nitrogen and oxygen atoms in total. The number of aryl methyl sites for hydroxylation is 1. The molecule has 0 unspecified atom stereocenters. The summed E-state index contributed by atoms with van der Waals surface area (Å²) in [6, 6.07) is 2.05. The van der Waals surface area contributed by atoms with Crippen LogP contribution in [-0.4, -0.2) is 9.97 Å². The zero-order valence-electron chi connectivity index (χ0n) is 8.58. The van der Waals surface area contributed by atoms with Crippen molar-refractivity contribution in [3.05, 3.63) is 43.6 Å². The maximum atomic E-state index is 11.2. The Kier molecular flexibility index (Phi) is 3.26. The number of hydrogen-bond acceptors (Lipinski definition) is 4. The largest absolute Gasteiger partial charge is 0.364 e. The lowest BCUT2D eigenvalue weighted by Gasteiger charge is -2.05. The van der Waals surface area contributed by atoms with Crippen LogP contribution in [0.1, 0.15) is 10.4 Å². The number of H-pyrrole nitrogens is 1. The van der Waals surface area contributed by atoms with Crippen LogP contribution in [0.3, 0.4) is 0 Å². The van der Waals surface area contributed by atoms with Crippen LogP contribution in [0.15, 0.2) is 22.6 Å². The SMILES string of the molecule is Cc1ccsc1CNc1nc[nH]c(=O)c1Cl. The fourth-order valence-corrected chi connectivity index (χ4v) is 2.27. The highest BCUT2D eigenvalue weighted by molar-refractivity contribution is 7.10. The number of halogens is 1. The van der Waals surface area contributed by atoms with E-state index in [4.69, 9.17) is 11.6 Å². The first-order valence-corrected chi connectivity index (χ1v) is 5.94. The monoisotopic (exact) mass is 255 g/mol. The van der Waals surface area contributed by atoms with E-state index in [1.165, 1.54) is 16.8 Å². The molecule has 2 aromatic rings. The second-order valence-electron chi connectivity index (χ2n) is 3.27. The Labute approximate surface area is 101 Å². The second-order valence-corrected chi connectivity index (χ2v) is 4.65. The predicted molar refractivity (Wildman–Crippen MR) is 66.3 cm³/mol. The minimum Gasteiger partial charge on any atom is -0.364 e. The van der Waals surface area contributed by atoms with E-state index in [9.17, 15) is 4.79 Å². The van der Waals surface area contributed by atoms with Gasteiger partial charge in [-0.15, -0.1) is 11.3 Å². The highest BCUT2D eigenvalue weighted by atomic mass is 35.5. The van der Waals surface area contributed by atoms with Gasteiger partial charge >= 0.3 is 0 Å². The first-order valence-electron chi connectivity index (χ1n) is 4.68. The van der Waals surface area contributed by atoms with Gasteiger partial charge in [-0.25, -0.2) is 4.98 Å². The number of aromatic amines is 1. The van der Waals surface area contributed by atoms with Crippen molar-refractivity contribution in [2.45, 2.75) is 13.5 Å². The van der Waals surface area contributed by atoms with Crippen molar-refractivity contribution >= 4 is 28.8 Å². The third kappa shape index (κ3) is 2.25. The van der Waals surface area contributed by atoms with Crippen LogP contribution < -0.4 is 10.9 Å². The van der Waals surface area contributed by atoms with Crippen LogP contribution >= 0.6 is 22.9 Å². The van der Waals surface area contributed by atoms with E-state index in [2.05, 4.69) is 21.4 Å². The van der Waals surface area contributed by atoms with Gasteiger partial charge in [0.2, 0.25) is 0 Å². The van der Waals surface area contributed by atoms with Crippen LogP contribution in [0.25, 0.3) is 0 Å². The summed E-state index contributed by atoms with van der Waals surface area (Å²) < 4.78 is 0. The fraction of sp³-hybridized carbons (Fsp3) is 0.200. The first-order chi connectivity index (χ1) is 7.68. The fourth-order valence-electron chi connectivity index (χ4n) is 1.26. The van der Waals surface area contributed by atoms with E-state index in [0.29, 0.717) is 12.4 Å². The number of aromatic nitrogens is 2. The lowest BCUT2D eigenvalue weighted by atomic mass is 10.3. The molecular weight excluding hydrogens is 246 g/mol. The van der Waals surface area contributed by atoms with E-state index >= 15 is 0 Å². The van der Waals surface area contributed by atoms with Crippen molar-refractivity contribution in [1.29, 1.82) is 0 Å². The summed E-state index contributed by atoms with van der Waals surface area (Å²) in [5.41, 5.74) is 0.889. The molecular formula is C10H10ClN3OS. The summed E-state index contributed by atoms with van der Waals surface area (Å²) in [7, 11) is 0. The van der Waals surface area contributed by atoms with Gasteiger partial charge in [0.15, 0.2) is 5.82 Å². The summed E-state index contributed by atoms with van der Waals surface area (Å²) in [4.78, 5) is 18.8. The molecule has 0 radical (unpaired) electrons. The van der Waals surface area contributed by atoms with Gasteiger partial charge in [0.25, 0.3) is 5.56 Å². The lowest BCUT2D eigenvalue weighted by Crippen LogP contribution is -2.11. The molecule has 2 rings (SSSR count). The Morgan fingerprint density at radius 1 is 1.62 bits per heavy atom.